The Morgan fingerprint density at radius 1 is 1.18 bits per heavy atom. The second-order valence-electron chi connectivity index (χ2n) is 8.67. The molecule has 1 aromatic heterocycles. The third kappa shape index (κ3) is 6.02. The minimum Gasteiger partial charge on any atom is -0.382 e. The SMILES string of the molecule is Cc1cc(NC2CCC(N(NC(C)C)C(=O)c3ccncc3)CC2)cc(C(F)(F)F)c1C#N. The second-order valence-corrected chi connectivity index (χ2v) is 8.67. The lowest BCUT2D eigenvalue weighted by molar-refractivity contribution is -0.137. The molecule has 0 bridgehead atoms. The van der Waals surface area contributed by atoms with E-state index >= 15 is 0 Å². The molecule has 0 aliphatic heterocycles. The Balaban J connectivity index is 1.70. The van der Waals surface area contributed by atoms with Crippen LogP contribution in [-0.4, -0.2) is 34.0 Å². The van der Waals surface area contributed by atoms with E-state index in [4.69, 9.17) is 5.26 Å². The van der Waals surface area contributed by atoms with Gasteiger partial charge in [0.05, 0.1) is 11.1 Å². The Labute approximate surface area is 191 Å². The average Bonchev–Trinajstić information content (AvgIpc) is 2.77. The standard InChI is InChI=1S/C24H28F3N5O/c1-15(2)31-32(23(33)17-8-10-29-11-9-17)20-6-4-18(5-7-20)30-19-12-16(3)21(14-28)22(13-19)24(25,26)27/h8-13,15,18,20,30-31H,4-7H2,1-3H3. The van der Waals surface area contributed by atoms with Crippen LogP contribution < -0.4 is 10.7 Å². The van der Waals surface area contributed by atoms with Crippen LogP contribution >= 0.6 is 0 Å². The summed E-state index contributed by atoms with van der Waals surface area (Å²) in [7, 11) is 0. The summed E-state index contributed by atoms with van der Waals surface area (Å²) >= 11 is 0. The zero-order valence-electron chi connectivity index (χ0n) is 18.9. The molecule has 1 fully saturated rings. The number of hydrogen-bond acceptors (Lipinski definition) is 5. The van der Waals surface area contributed by atoms with Crippen molar-refractivity contribution in [1.29, 1.82) is 5.26 Å². The molecule has 0 saturated heterocycles. The first-order valence-corrected chi connectivity index (χ1v) is 11.0. The molecule has 176 valence electrons. The lowest BCUT2D eigenvalue weighted by atomic mass is 9.90. The molecule has 1 aliphatic carbocycles. The van der Waals surface area contributed by atoms with Crippen molar-refractivity contribution in [3.8, 4) is 6.07 Å². The topological polar surface area (TPSA) is 81.0 Å². The van der Waals surface area contributed by atoms with E-state index in [-0.39, 0.29) is 29.6 Å². The molecule has 0 radical (unpaired) electrons. The van der Waals surface area contributed by atoms with Crippen LogP contribution in [0.25, 0.3) is 0 Å². The van der Waals surface area contributed by atoms with Crippen molar-refractivity contribution in [2.24, 2.45) is 0 Å². The fourth-order valence-corrected chi connectivity index (χ4v) is 4.20. The summed E-state index contributed by atoms with van der Waals surface area (Å²) in [5, 5.41) is 14.0. The number of amides is 1. The summed E-state index contributed by atoms with van der Waals surface area (Å²) in [5.74, 6) is -0.125. The monoisotopic (exact) mass is 459 g/mol. The van der Waals surface area contributed by atoms with E-state index < -0.39 is 11.7 Å². The summed E-state index contributed by atoms with van der Waals surface area (Å²) in [4.78, 5) is 17.0. The first-order chi connectivity index (χ1) is 15.6. The van der Waals surface area contributed by atoms with Crippen LogP contribution in [0.15, 0.2) is 36.7 Å². The smallest absolute Gasteiger partial charge is 0.382 e. The number of benzene rings is 1. The minimum atomic E-state index is -4.60. The largest absolute Gasteiger partial charge is 0.417 e. The second kappa shape index (κ2) is 10.2. The molecule has 1 aromatic carbocycles. The van der Waals surface area contributed by atoms with Gasteiger partial charge in [0.1, 0.15) is 6.07 Å². The average molecular weight is 460 g/mol. The van der Waals surface area contributed by atoms with E-state index in [2.05, 4.69) is 15.7 Å². The van der Waals surface area contributed by atoms with E-state index in [0.29, 0.717) is 42.5 Å². The number of alkyl halides is 3. The normalized spacial score (nSPS) is 18.6. The maximum Gasteiger partial charge on any atom is 0.417 e. The molecule has 0 atom stereocenters. The third-order valence-corrected chi connectivity index (χ3v) is 5.73. The summed E-state index contributed by atoms with van der Waals surface area (Å²) in [6, 6.07) is 7.62. The number of hydrogen-bond donors (Lipinski definition) is 2. The molecule has 1 saturated carbocycles. The lowest BCUT2D eigenvalue weighted by Gasteiger charge is -2.38. The molecule has 3 rings (SSSR count). The summed E-state index contributed by atoms with van der Waals surface area (Å²) in [5.41, 5.74) is 3.17. The van der Waals surface area contributed by atoms with Crippen molar-refractivity contribution in [3.05, 3.63) is 58.9 Å². The van der Waals surface area contributed by atoms with Gasteiger partial charge in [0.25, 0.3) is 5.91 Å². The highest BCUT2D eigenvalue weighted by Gasteiger charge is 2.35. The van der Waals surface area contributed by atoms with E-state index in [1.165, 1.54) is 6.92 Å². The summed E-state index contributed by atoms with van der Waals surface area (Å²) in [6.07, 6.45) is 1.37. The van der Waals surface area contributed by atoms with E-state index in [0.717, 1.165) is 6.07 Å². The van der Waals surface area contributed by atoms with Gasteiger partial charge in [-0.1, -0.05) is 0 Å². The van der Waals surface area contributed by atoms with Crippen molar-refractivity contribution in [2.75, 3.05) is 5.32 Å². The van der Waals surface area contributed by atoms with Crippen molar-refractivity contribution in [2.45, 2.75) is 70.8 Å². The van der Waals surface area contributed by atoms with Crippen LogP contribution in [0.4, 0.5) is 18.9 Å². The number of nitrogens with one attached hydrogen (secondary N) is 2. The molecular weight excluding hydrogens is 431 g/mol. The molecule has 1 aliphatic rings. The fraction of sp³-hybridized carbons (Fsp3) is 0.458. The summed E-state index contributed by atoms with van der Waals surface area (Å²) < 4.78 is 40.2. The molecule has 9 heteroatoms. The first kappa shape index (κ1) is 24.5. The zero-order chi connectivity index (χ0) is 24.2. The Morgan fingerprint density at radius 2 is 1.82 bits per heavy atom. The number of rotatable bonds is 6. The molecular formula is C24H28F3N5O. The van der Waals surface area contributed by atoms with E-state index in [9.17, 15) is 18.0 Å². The number of aromatic nitrogens is 1. The Morgan fingerprint density at radius 3 is 2.36 bits per heavy atom. The molecule has 2 aromatic rings. The molecule has 1 amide bonds. The predicted molar refractivity (Wildman–Crippen MR) is 119 cm³/mol. The van der Waals surface area contributed by atoms with Crippen molar-refractivity contribution >= 4 is 11.6 Å². The quantitative estimate of drug-likeness (QED) is 0.591. The first-order valence-electron chi connectivity index (χ1n) is 11.0. The number of carbonyl (C=O) groups excluding carboxylic acids is 1. The number of carbonyl (C=O) groups is 1. The Hall–Kier alpha value is -3.12. The van der Waals surface area contributed by atoms with Crippen LogP contribution in [0.5, 0.6) is 0 Å². The number of nitrogens with zero attached hydrogens (tertiary/aromatic N) is 3. The highest BCUT2D eigenvalue weighted by atomic mass is 19.4. The van der Waals surface area contributed by atoms with Gasteiger partial charge in [0.2, 0.25) is 0 Å². The van der Waals surface area contributed by atoms with Gasteiger partial charge >= 0.3 is 6.18 Å². The van der Waals surface area contributed by atoms with Gasteiger partial charge in [-0.05, 0) is 76.3 Å². The molecule has 33 heavy (non-hydrogen) atoms. The van der Waals surface area contributed by atoms with Gasteiger partial charge in [-0.3, -0.25) is 14.8 Å². The number of anilines is 1. The summed E-state index contributed by atoms with van der Waals surface area (Å²) in [6.45, 7) is 5.44. The number of aryl methyl sites for hydroxylation is 1. The van der Waals surface area contributed by atoms with Gasteiger partial charge in [-0.2, -0.15) is 18.4 Å². The molecule has 1 heterocycles. The number of halogens is 3. The zero-order valence-corrected chi connectivity index (χ0v) is 18.9. The van der Waals surface area contributed by atoms with Gasteiger partial charge in [-0.25, -0.2) is 5.43 Å². The fourth-order valence-electron chi connectivity index (χ4n) is 4.20. The van der Waals surface area contributed by atoms with Crippen LogP contribution in [0.3, 0.4) is 0 Å². The van der Waals surface area contributed by atoms with Crippen LogP contribution in [0.2, 0.25) is 0 Å². The highest BCUT2D eigenvalue weighted by molar-refractivity contribution is 5.94. The highest BCUT2D eigenvalue weighted by Crippen LogP contribution is 2.36. The number of nitriles is 1. The molecule has 6 nitrogen and oxygen atoms in total. The van der Waals surface area contributed by atoms with Gasteiger partial charge in [0.15, 0.2) is 0 Å². The van der Waals surface area contributed by atoms with Crippen molar-refractivity contribution < 1.29 is 18.0 Å². The maximum atomic E-state index is 13.4. The van der Waals surface area contributed by atoms with Crippen molar-refractivity contribution in [1.82, 2.24) is 15.4 Å². The number of pyridine rings is 1. The molecule has 2 N–H and O–H groups in total. The third-order valence-electron chi connectivity index (χ3n) is 5.73. The maximum absolute atomic E-state index is 13.4. The predicted octanol–water partition coefficient (Wildman–Crippen LogP) is 5.06. The van der Waals surface area contributed by atoms with E-state index in [1.807, 2.05) is 13.8 Å². The van der Waals surface area contributed by atoms with Gasteiger partial charge in [0, 0.05) is 41.8 Å². The van der Waals surface area contributed by atoms with Gasteiger partial charge < -0.3 is 5.32 Å². The molecule has 0 unspecified atom stereocenters. The number of hydrazine groups is 1. The minimum absolute atomic E-state index is 0.0217. The van der Waals surface area contributed by atoms with Crippen LogP contribution in [0.1, 0.15) is 66.6 Å². The van der Waals surface area contributed by atoms with Crippen LogP contribution in [0, 0.1) is 18.3 Å². The van der Waals surface area contributed by atoms with Gasteiger partial charge in [-0.15, -0.1) is 0 Å². The van der Waals surface area contributed by atoms with E-state index in [1.54, 1.807) is 41.7 Å². The Bertz CT molecular complexity index is 1010. The van der Waals surface area contributed by atoms with Crippen molar-refractivity contribution in [3.63, 3.8) is 0 Å². The lowest BCUT2D eigenvalue weighted by Crippen LogP contribution is -2.53. The Kier molecular flexibility index (Phi) is 7.59. The van der Waals surface area contributed by atoms with Crippen LogP contribution in [-0.2, 0) is 6.18 Å². The molecule has 0 spiro atoms.